The second-order valence-corrected chi connectivity index (χ2v) is 4.44. The first kappa shape index (κ1) is 13.9. The third-order valence-electron chi connectivity index (χ3n) is 3.13. The monoisotopic (exact) mass is 272 g/mol. The zero-order valence-electron chi connectivity index (χ0n) is 11.7. The Morgan fingerprint density at radius 2 is 1.50 bits per heavy atom. The normalized spacial score (nSPS) is 10.2. The Hall–Kier alpha value is -2.56. The number of amides is 2. The molecule has 2 amide bonds. The van der Waals surface area contributed by atoms with Crippen molar-refractivity contribution >= 4 is 23.2 Å². The third-order valence-corrected chi connectivity index (χ3v) is 3.13. The fraction of sp³-hybridized carbons (Fsp3) is 0.200. The van der Waals surface area contributed by atoms with E-state index in [9.17, 15) is 9.59 Å². The van der Waals surface area contributed by atoms with E-state index in [-0.39, 0.29) is 17.6 Å². The van der Waals surface area contributed by atoms with Gasteiger partial charge in [-0.05, 0) is 36.4 Å². The molecular weight excluding hydrogens is 256 g/mol. The Balaban J connectivity index is 2.17. The van der Waals surface area contributed by atoms with Gasteiger partial charge in [-0.15, -0.1) is 0 Å². The highest BCUT2D eigenvalue weighted by Crippen LogP contribution is 2.21. The van der Waals surface area contributed by atoms with Crippen LogP contribution in [0.25, 0.3) is 0 Å². The van der Waals surface area contributed by atoms with E-state index in [2.05, 4.69) is 0 Å². The molecule has 0 bridgehead atoms. The standard InChI is InChI=1S/C15H16N2O3/c1-11(18)16(2)12-6-8-13(9-7-12)17(3)15(19)14-5-4-10-20-14/h4-10H,1-3H3. The summed E-state index contributed by atoms with van der Waals surface area (Å²) in [5.41, 5.74) is 1.51. The van der Waals surface area contributed by atoms with Crippen LogP contribution >= 0.6 is 0 Å². The van der Waals surface area contributed by atoms with E-state index in [0.717, 1.165) is 11.4 Å². The molecule has 0 aliphatic carbocycles. The van der Waals surface area contributed by atoms with Crippen LogP contribution in [0.1, 0.15) is 17.5 Å². The molecule has 0 aliphatic rings. The Morgan fingerprint density at radius 1 is 0.950 bits per heavy atom. The van der Waals surface area contributed by atoms with Gasteiger partial charge in [0.05, 0.1) is 6.26 Å². The molecule has 0 spiro atoms. The highest BCUT2D eigenvalue weighted by atomic mass is 16.3. The lowest BCUT2D eigenvalue weighted by Gasteiger charge is -2.19. The van der Waals surface area contributed by atoms with E-state index < -0.39 is 0 Å². The van der Waals surface area contributed by atoms with Crippen LogP contribution < -0.4 is 9.80 Å². The molecule has 5 nitrogen and oxygen atoms in total. The fourth-order valence-corrected chi connectivity index (χ4v) is 1.76. The van der Waals surface area contributed by atoms with Gasteiger partial charge in [0, 0.05) is 32.4 Å². The number of carbonyl (C=O) groups is 2. The van der Waals surface area contributed by atoms with Crippen molar-refractivity contribution in [3.05, 3.63) is 48.4 Å². The smallest absolute Gasteiger partial charge is 0.293 e. The predicted octanol–water partition coefficient (Wildman–Crippen LogP) is 2.54. The van der Waals surface area contributed by atoms with Crippen LogP contribution in [0, 0.1) is 0 Å². The van der Waals surface area contributed by atoms with Crippen molar-refractivity contribution in [2.45, 2.75) is 6.92 Å². The van der Waals surface area contributed by atoms with Crippen LogP contribution in [0.2, 0.25) is 0 Å². The first-order valence-corrected chi connectivity index (χ1v) is 6.16. The molecule has 0 atom stereocenters. The van der Waals surface area contributed by atoms with Crippen LogP contribution in [0.5, 0.6) is 0 Å². The molecule has 1 aromatic heterocycles. The SMILES string of the molecule is CC(=O)N(C)c1ccc(N(C)C(=O)c2ccco2)cc1. The summed E-state index contributed by atoms with van der Waals surface area (Å²) in [6, 6.07) is 10.5. The first-order chi connectivity index (χ1) is 9.50. The maximum Gasteiger partial charge on any atom is 0.293 e. The van der Waals surface area contributed by atoms with Gasteiger partial charge in [0.25, 0.3) is 5.91 Å². The van der Waals surface area contributed by atoms with Crippen molar-refractivity contribution < 1.29 is 14.0 Å². The van der Waals surface area contributed by atoms with Gasteiger partial charge in [-0.3, -0.25) is 9.59 Å². The molecule has 20 heavy (non-hydrogen) atoms. The van der Waals surface area contributed by atoms with Crippen LogP contribution in [0.3, 0.4) is 0 Å². The Morgan fingerprint density at radius 3 is 1.95 bits per heavy atom. The minimum absolute atomic E-state index is 0.0437. The topological polar surface area (TPSA) is 53.8 Å². The summed E-state index contributed by atoms with van der Waals surface area (Å²) in [5, 5.41) is 0. The Kier molecular flexibility index (Phi) is 3.89. The number of nitrogens with zero attached hydrogens (tertiary/aromatic N) is 2. The van der Waals surface area contributed by atoms with Crippen molar-refractivity contribution in [1.29, 1.82) is 0 Å². The average Bonchev–Trinajstić information content (AvgIpc) is 2.99. The largest absolute Gasteiger partial charge is 0.459 e. The highest BCUT2D eigenvalue weighted by molar-refractivity contribution is 6.04. The molecule has 0 aliphatic heterocycles. The van der Waals surface area contributed by atoms with Crippen molar-refractivity contribution in [3.8, 4) is 0 Å². The molecule has 0 saturated carbocycles. The predicted molar refractivity (Wildman–Crippen MR) is 77.0 cm³/mol. The van der Waals surface area contributed by atoms with Gasteiger partial charge in [0.15, 0.2) is 5.76 Å². The van der Waals surface area contributed by atoms with Gasteiger partial charge in [0.2, 0.25) is 5.91 Å². The summed E-state index contributed by atoms with van der Waals surface area (Å²) in [6.07, 6.45) is 1.46. The van der Waals surface area contributed by atoms with Gasteiger partial charge in [0.1, 0.15) is 0 Å². The van der Waals surface area contributed by atoms with Gasteiger partial charge < -0.3 is 14.2 Å². The van der Waals surface area contributed by atoms with Crippen LogP contribution in [-0.2, 0) is 4.79 Å². The number of hydrogen-bond donors (Lipinski definition) is 0. The quantitative estimate of drug-likeness (QED) is 0.862. The number of furan rings is 1. The summed E-state index contributed by atoms with van der Waals surface area (Å²) in [6.45, 7) is 1.50. The zero-order valence-corrected chi connectivity index (χ0v) is 11.7. The second kappa shape index (κ2) is 5.61. The lowest BCUT2D eigenvalue weighted by atomic mass is 10.2. The first-order valence-electron chi connectivity index (χ1n) is 6.16. The molecule has 2 aromatic rings. The zero-order chi connectivity index (χ0) is 14.7. The third kappa shape index (κ3) is 2.71. The van der Waals surface area contributed by atoms with E-state index in [1.807, 2.05) is 0 Å². The summed E-state index contributed by atoms with van der Waals surface area (Å²) in [4.78, 5) is 26.4. The number of anilines is 2. The maximum absolute atomic E-state index is 12.1. The van der Waals surface area contributed by atoms with E-state index in [1.165, 1.54) is 23.0 Å². The van der Waals surface area contributed by atoms with Gasteiger partial charge in [-0.1, -0.05) is 0 Å². The van der Waals surface area contributed by atoms with Gasteiger partial charge in [-0.25, -0.2) is 0 Å². The van der Waals surface area contributed by atoms with Crippen LogP contribution in [0.4, 0.5) is 11.4 Å². The fourth-order valence-electron chi connectivity index (χ4n) is 1.76. The molecule has 2 rings (SSSR count). The summed E-state index contributed by atoms with van der Waals surface area (Å²) in [5.74, 6) is 0.0258. The lowest BCUT2D eigenvalue weighted by molar-refractivity contribution is -0.116. The molecule has 104 valence electrons. The van der Waals surface area contributed by atoms with E-state index in [4.69, 9.17) is 4.42 Å². The highest BCUT2D eigenvalue weighted by Gasteiger charge is 2.16. The van der Waals surface area contributed by atoms with Gasteiger partial charge >= 0.3 is 0 Å². The molecule has 1 aromatic carbocycles. The lowest BCUT2D eigenvalue weighted by Crippen LogP contribution is -2.26. The molecule has 5 heteroatoms. The molecule has 1 heterocycles. The molecule has 0 N–H and O–H groups in total. The Bertz CT molecular complexity index is 603. The Labute approximate surface area is 117 Å². The average molecular weight is 272 g/mol. The van der Waals surface area contributed by atoms with Gasteiger partial charge in [-0.2, -0.15) is 0 Å². The molecule has 0 radical (unpaired) electrons. The minimum Gasteiger partial charge on any atom is -0.459 e. The maximum atomic E-state index is 12.1. The summed E-state index contributed by atoms with van der Waals surface area (Å²) >= 11 is 0. The van der Waals surface area contributed by atoms with E-state index >= 15 is 0 Å². The van der Waals surface area contributed by atoms with E-state index in [0.29, 0.717) is 0 Å². The van der Waals surface area contributed by atoms with E-state index in [1.54, 1.807) is 50.5 Å². The van der Waals surface area contributed by atoms with Crippen molar-refractivity contribution in [3.63, 3.8) is 0 Å². The summed E-state index contributed by atoms with van der Waals surface area (Å²) < 4.78 is 5.09. The number of carbonyl (C=O) groups excluding carboxylic acids is 2. The minimum atomic E-state index is -0.220. The second-order valence-electron chi connectivity index (χ2n) is 4.44. The van der Waals surface area contributed by atoms with Crippen molar-refractivity contribution in [2.24, 2.45) is 0 Å². The summed E-state index contributed by atoms with van der Waals surface area (Å²) in [7, 11) is 3.38. The number of hydrogen-bond acceptors (Lipinski definition) is 3. The van der Waals surface area contributed by atoms with Crippen LogP contribution in [-0.4, -0.2) is 25.9 Å². The van der Waals surface area contributed by atoms with Crippen molar-refractivity contribution in [1.82, 2.24) is 0 Å². The molecule has 0 saturated heterocycles. The molecule has 0 fully saturated rings. The molecule has 0 unspecified atom stereocenters. The van der Waals surface area contributed by atoms with Crippen LogP contribution in [0.15, 0.2) is 47.1 Å². The molecular formula is C15H16N2O3. The van der Waals surface area contributed by atoms with Crippen molar-refractivity contribution in [2.75, 3.05) is 23.9 Å². The number of benzene rings is 1. The number of rotatable bonds is 3.